The number of hydrogen-bond acceptors (Lipinski definition) is 3. The van der Waals surface area contributed by atoms with Gasteiger partial charge >= 0.3 is 6.16 Å². The first kappa shape index (κ1) is 11.7. The maximum atomic E-state index is 9.42. The van der Waals surface area contributed by atoms with Gasteiger partial charge in [0.15, 0.2) is 0 Å². The number of hydrogen-bond donors (Lipinski definition) is 2. The molecule has 0 aliphatic rings. The number of carbonyl (C=O) groups is 1. The third-order valence-corrected chi connectivity index (χ3v) is 0.317. The standard InChI is InChI=1S/C3H6O4.C3H6/c4-1-2-7-3(5)6;1-3-2/h4H,1-2H2,(H,5,6);3H,1H2,2H3. The van der Waals surface area contributed by atoms with E-state index in [1.807, 2.05) is 6.92 Å². The Balaban J connectivity index is 0. The second-order valence-electron chi connectivity index (χ2n) is 1.25. The first-order valence-corrected chi connectivity index (χ1v) is 2.72. The monoisotopic (exact) mass is 148 g/mol. The van der Waals surface area contributed by atoms with Crippen molar-refractivity contribution < 1.29 is 19.7 Å². The van der Waals surface area contributed by atoms with Crippen LogP contribution in [0.15, 0.2) is 12.7 Å². The van der Waals surface area contributed by atoms with E-state index in [0.717, 1.165) is 0 Å². The summed E-state index contributed by atoms with van der Waals surface area (Å²) in [7, 11) is 0. The van der Waals surface area contributed by atoms with Crippen molar-refractivity contribution in [2.45, 2.75) is 6.92 Å². The highest BCUT2D eigenvalue weighted by Crippen LogP contribution is 1.71. The van der Waals surface area contributed by atoms with E-state index in [4.69, 9.17) is 10.2 Å². The van der Waals surface area contributed by atoms with E-state index in [0.29, 0.717) is 0 Å². The molecule has 0 fully saturated rings. The Labute approximate surface area is 59.7 Å². The van der Waals surface area contributed by atoms with Gasteiger partial charge in [0.2, 0.25) is 0 Å². The summed E-state index contributed by atoms with van der Waals surface area (Å²) in [6, 6.07) is 0. The molecule has 2 N–H and O–H groups in total. The highest BCUT2D eigenvalue weighted by atomic mass is 16.7. The zero-order valence-corrected chi connectivity index (χ0v) is 5.91. The Hall–Kier alpha value is -1.03. The van der Waals surface area contributed by atoms with Crippen molar-refractivity contribution in [1.29, 1.82) is 0 Å². The Morgan fingerprint density at radius 2 is 2.20 bits per heavy atom. The van der Waals surface area contributed by atoms with Crippen LogP contribution in [-0.4, -0.2) is 29.6 Å². The minimum atomic E-state index is -1.35. The van der Waals surface area contributed by atoms with E-state index in [1.54, 1.807) is 6.08 Å². The molecule has 0 radical (unpaired) electrons. The lowest BCUT2D eigenvalue weighted by Gasteiger charge is -1.91. The van der Waals surface area contributed by atoms with Crippen molar-refractivity contribution in [2.75, 3.05) is 13.2 Å². The van der Waals surface area contributed by atoms with Crippen LogP contribution in [0.1, 0.15) is 6.92 Å². The first-order chi connectivity index (χ1) is 4.68. The van der Waals surface area contributed by atoms with Crippen LogP contribution < -0.4 is 0 Å². The molecule has 0 saturated heterocycles. The van der Waals surface area contributed by atoms with Gasteiger partial charge in [0.25, 0.3) is 0 Å². The summed E-state index contributed by atoms with van der Waals surface area (Å²) in [6.07, 6.45) is 0.397. The zero-order valence-electron chi connectivity index (χ0n) is 5.91. The average Bonchev–Trinajstić information content (AvgIpc) is 1.85. The van der Waals surface area contributed by atoms with Crippen molar-refractivity contribution in [3.05, 3.63) is 12.7 Å². The van der Waals surface area contributed by atoms with Gasteiger partial charge in [0.1, 0.15) is 6.61 Å². The molecule has 0 saturated carbocycles. The fourth-order valence-electron chi connectivity index (χ4n) is 0.133. The van der Waals surface area contributed by atoms with Gasteiger partial charge in [0, 0.05) is 0 Å². The highest BCUT2D eigenvalue weighted by molar-refractivity contribution is 5.56. The minimum Gasteiger partial charge on any atom is -0.450 e. The molecule has 0 aromatic carbocycles. The van der Waals surface area contributed by atoms with Crippen LogP contribution in [0.4, 0.5) is 4.79 Å². The highest BCUT2D eigenvalue weighted by Gasteiger charge is 1.90. The van der Waals surface area contributed by atoms with E-state index in [1.165, 1.54) is 0 Å². The quantitative estimate of drug-likeness (QED) is 0.450. The predicted octanol–water partition coefficient (Wildman–Crippen LogP) is 0.866. The van der Waals surface area contributed by atoms with Gasteiger partial charge in [-0.1, -0.05) is 6.08 Å². The molecule has 0 aliphatic heterocycles. The van der Waals surface area contributed by atoms with Crippen LogP contribution in [0.2, 0.25) is 0 Å². The lowest BCUT2D eigenvalue weighted by molar-refractivity contribution is 0.0743. The summed E-state index contributed by atoms with van der Waals surface area (Å²) in [5, 5.41) is 15.6. The van der Waals surface area contributed by atoms with Crippen molar-refractivity contribution in [3.8, 4) is 0 Å². The molecule has 0 rings (SSSR count). The minimum absolute atomic E-state index is 0.144. The predicted molar refractivity (Wildman–Crippen MR) is 36.9 cm³/mol. The molecule has 4 nitrogen and oxygen atoms in total. The normalized spacial score (nSPS) is 7.00. The molecule has 0 bridgehead atoms. The van der Waals surface area contributed by atoms with E-state index in [2.05, 4.69) is 11.3 Å². The maximum Gasteiger partial charge on any atom is 0.505 e. The first-order valence-electron chi connectivity index (χ1n) is 2.72. The van der Waals surface area contributed by atoms with E-state index in [9.17, 15) is 4.79 Å². The summed E-state index contributed by atoms with van der Waals surface area (Å²) in [5.41, 5.74) is 0. The van der Waals surface area contributed by atoms with Crippen LogP contribution in [0.3, 0.4) is 0 Å². The lowest BCUT2D eigenvalue weighted by atomic mass is 10.8. The topological polar surface area (TPSA) is 66.8 Å². The molecule has 0 unspecified atom stereocenters. The summed E-state index contributed by atoms with van der Waals surface area (Å²) in [5.74, 6) is 0. The largest absolute Gasteiger partial charge is 0.505 e. The van der Waals surface area contributed by atoms with Gasteiger partial charge in [-0.2, -0.15) is 0 Å². The third-order valence-electron chi connectivity index (χ3n) is 0.317. The smallest absolute Gasteiger partial charge is 0.450 e. The average molecular weight is 148 g/mol. The van der Waals surface area contributed by atoms with Gasteiger partial charge in [-0.3, -0.25) is 0 Å². The molecular weight excluding hydrogens is 136 g/mol. The van der Waals surface area contributed by atoms with Crippen LogP contribution in [0, 0.1) is 0 Å². The van der Waals surface area contributed by atoms with E-state index < -0.39 is 6.16 Å². The fraction of sp³-hybridized carbons (Fsp3) is 0.500. The van der Waals surface area contributed by atoms with Gasteiger partial charge in [0.05, 0.1) is 6.61 Å². The second-order valence-corrected chi connectivity index (χ2v) is 1.25. The molecule has 0 heterocycles. The molecule has 0 aromatic rings. The molecule has 0 spiro atoms. The molecule has 60 valence electrons. The van der Waals surface area contributed by atoms with Crippen molar-refractivity contribution >= 4 is 6.16 Å². The zero-order chi connectivity index (χ0) is 8.41. The number of ether oxygens (including phenoxy) is 1. The maximum absolute atomic E-state index is 9.42. The van der Waals surface area contributed by atoms with Crippen molar-refractivity contribution in [1.82, 2.24) is 0 Å². The fourth-order valence-corrected chi connectivity index (χ4v) is 0.133. The van der Waals surface area contributed by atoms with E-state index >= 15 is 0 Å². The van der Waals surface area contributed by atoms with Crippen LogP contribution in [-0.2, 0) is 4.74 Å². The van der Waals surface area contributed by atoms with Crippen molar-refractivity contribution in [2.24, 2.45) is 0 Å². The molecular formula is C6H12O4. The number of allylic oxidation sites excluding steroid dienone is 1. The van der Waals surface area contributed by atoms with E-state index in [-0.39, 0.29) is 13.2 Å². The van der Waals surface area contributed by atoms with Crippen LogP contribution in [0.25, 0.3) is 0 Å². The molecule has 0 atom stereocenters. The summed E-state index contributed by atoms with van der Waals surface area (Å²) in [4.78, 5) is 9.42. The number of rotatable bonds is 2. The second kappa shape index (κ2) is 10.9. The summed E-state index contributed by atoms with van der Waals surface area (Å²) >= 11 is 0. The Bertz CT molecular complexity index is 89.7. The molecule has 10 heavy (non-hydrogen) atoms. The Morgan fingerprint density at radius 1 is 1.80 bits per heavy atom. The van der Waals surface area contributed by atoms with Gasteiger partial charge in [-0.05, 0) is 6.92 Å². The summed E-state index contributed by atoms with van der Waals surface area (Å²) < 4.78 is 3.86. The SMILES string of the molecule is C=CC.O=C(O)OCCO. The third kappa shape index (κ3) is 28.2. The number of aliphatic hydroxyl groups is 1. The number of carboxylic acid groups (broad SMARTS) is 1. The van der Waals surface area contributed by atoms with Crippen LogP contribution in [0.5, 0.6) is 0 Å². The van der Waals surface area contributed by atoms with Crippen LogP contribution >= 0.6 is 0 Å². The number of aliphatic hydroxyl groups excluding tert-OH is 1. The molecule has 0 aliphatic carbocycles. The summed E-state index contributed by atoms with van der Waals surface area (Å²) in [6.45, 7) is 4.85. The van der Waals surface area contributed by atoms with Gasteiger partial charge in [-0.15, -0.1) is 6.58 Å². The van der Waals surface area contributed by atoms with Gasteiger partial charge < -0.3 is 14.9 Å². The van der Waals surface area contributed by atoms with Gasteiger partial charge in [-0.25, -0.2) is 4.79 Å². The molecule has 4 heteroatoms. The Kier molecular flexibility index (Phi) is 12.7. The lowest BCUT2D eigenvalue weighted by Crippen LogP contribution is -2.04. The molecule has 0 amide bonds. The molecule has 0 aromatic heterocycles. The Morgan fingerprint density at radius 3 is 2.30 bits per heavy atom. The van der Waals surface area contributed by atoms with Crippen molar-refractivity contribution in [3.63, 3.8) is 0 Å².